The lowest BCUT2D eigenvalue weighted by Gasteiger charge is -2.19. The zero-order chi connectivity index (χ0) is 21.3. The number of nitrogens with zero attached hydrogens (tertiary/aromatic N) is 2. The number of imidazole rings is 1. The predicted octanol–water partition coefficient (Wildman–Crippen LogP) is 6.47. The van der Waals surface area contributed by atoms with Crippen LogP contribution in [-0.4, -0.2) is 16.1 Å². The van der Waals surface area contributed by atoms with E-state index in [9.17, 15) is 0 Å². The second-order valence-corrected chi connectivity index (χ2v) is 8.23. The van der Waals surface area contributed by atoms with Gasteiger partial charge in [-0.05, 0) is 48.9 Å². The molecule has 0 saturated heterocycles. The minimum Gasteiger partial charge on any atom is -0.336 e. The van der Waals surface area contributed by atoms with Crippen LogP contribution in [0.2, 0.25) is 0 Å². The van der Waals surface area contributed by atoms with E-state index in [1.807, 2.05) is 0 Å². The summed E-state index contributed by atoms with van der Waals surface area (Å²) in [7, 11) is 2.11. The molecule has 30 heavy (non-hydrogen) atoms. The molecular weight excluding hydrogens is 366 g/mol. The van der Waals surface area contributed by atoms with Gasteiger partial charge in [-0.1, -0.05) is 82.1 Å². The highest BCUT2D eigenvalue weighted by Gasteiger charge is 2.20. The van der Waals surface area contributed by atoms with Crippen molar-refractivity contribution in [2.45, 2.75) is 65.3 Å². The van der Waals surface area contributed by atoms with Gasteiger partial charge >= 0.3 is 0 Å². The van der Waals surface area contributed by atoms with Gasteiger partial charge in [0.2, 0.25) is 0 Å². The molecule has 0 spiro atoms. The Labute approximate surface area is 182 Å². The molecule has 0 bridgehead atoms. The van der Waals surface area contributed by atoms with E-state index >= 15 is 0 Å². The molecule has 1 N–H and O–H groups in total. The summed E-state index contributed by atoms with van der Waals surface area (Å²) in [5.74, 6) is 1.07. The molecule has 3 nitrogen and oxygen atoms in total. The molecular formula is C27H37N3. The lowest BCUT2D eigenvalue weighted by atomic mass is 10.0. The van der Waals surface area contributed by atoms with Crippen LogP contribution in [0.15, 0.2) is 54.7 Å². The Balaban J connectivity index is 1.88. The largest absolute Gasteiger partial charge is 0.336 e. The second-order valence-electron chi connectivity index (χ2n) is 8.23. The van der Waals surface area contributed by atoms with Crippen molar-refractivity contribution in [2.75, 3.05) is 6.54 Å². The molecule has 0 radical (unpaired) electrons. The molecule has 0 aliphatic rings. The fraction of sp³-hybridized carbons (Fsp3) is 0.444. The quantitative estimate of drug-likeness (QED) is 0.372. The van der Waals surface area contributed by atoms with Crippen molar-refractivity contribution in [3.8, 4) is 11.3 Å². The maximum Gasteiger partial charge on any atom is 0.130 e. The van der Waals surface area contributed by atoms with Gasteiger partial charge in [0.1, 0.15) is 5.82 Å². The third-order valence-corrected chi connectivity index (χ3v) is 5.84. The molecule has 0 aliphatic carbocycles. The topological polar surface area (TPSA) is 29.9 Å². The lowest BCUT2D eigenvalue weighted by Crippen LogP contribution is -2.26. The van der Waals surface area contributed by atoms with Crippen LogP contribution in [0, 0.1) is 0 Å². The van der Waals surface area contributed by atoms with Crippen LogP contribution >= 0.6 is 0 Å². The number of unbranched alkanes of at least 4 members (excludes halogenated alkanes) is 2. The summed E-state index contributed by atoms with van der Waals surface area (Å²) in [4.78, 5) is 5.06. The smallest absolute Gasteiger partial charge is 0.130 e. The molecule has 3 aromatic rings. The molecule has 0 amide bonds. The van der Waals surface area contributed by atoms with Crippen molar-refractivity contribution in [3.05, 3.63) is 77.2 Å². The lowest BCUT2D eigenvalue weighted by molar-refractivity contribution is 0.542. The molecule has 1 heterocycles. The van der Waals surface area contributed by atoms with Gasteiger partial charge in [0, 0.05) is 18.8 Å². The number of aromatic nitrogens is 2. The number of rotatable bonds is 11. The maximum atomic E-state index is 5.06. The van der Waals surface area contributed by atoms with E-state index in [1.54, 1.807) is 0 Å². The SMILES string of the molecule is CCCCNC(c1ccc(CCCC)cc1)c1nc(-c2ccc(CC)cc2)cn1C. The van der Waals surface area contributed by atoms with Gasteiger partial charge in [0.05, 0.1) is 11.7 Å². The summed E-state index contributed by atoms with van der Waals surface area (Å²) < 4.78 is 2.18. The van der Waals surface area contributed by atoms with Crippen LogP contribution < -0.4 is 5.32 Å². The number of hydrogen-bond donors (Lipinski definition) is 1. The highest BCUT2D eigenvalue weighted by atomic mass is 15.1. The zero-order valence-electron chi connectivity index (χ0n) is 19.1. The first-order valence-electron chi connectivity index (χ1n) is 11.6. The van der Waals surface area contributed by atoms with Crippen molar-refractivity contribution in [3.63, 3.8) is 0 Å². The summed E-state index contributed by atoms with van der Waals surface area (Å²) in [6, 6.07) is 18.0. The van der Waals surface area contributed by atoms with Gasteiger partial charge in [-0.2, -0.15) is 0 Å². The van der Waals surface area contributed by atoms with Crippen LogP contribution in [0.4, 0.5) is 0 Å². The second kappa shape index (κ2) is 11.1. The fourth-order valence-electron chi connectivity index (χ4n) is 3.84. The maximum absolute atomic E-state index is 5.06. The van der Waals surface area contributed by atoms with Crippen LogP contribution in [0.25, 0.3) is 11.3 Å². The van der Waals surface area contributed by atoms with E-state index in [2.05, 4.69) is 92.4 Å². The Morgan fingerprint density at radius 2 is 1.53 bits per heavy atom. The first kappa shape index (κ1) is 22.3. The van der Waals surface area contributed by atoms with Gasteiger partial charge < -0.3 is 9.88 Å². The average molecular weight is 404 g/mol. The third kappa shape index (κ3) is 5.60. The predicted molar refractivity (Wildman–Crippen MR) is 128 cm³/mol. The van der Waals surface area contributed by atoms with Gasteiger partial charge in [-0.25, -0.2) is 4.98 Å². The first-order chi connectivity index (χ1) is 14.7. The minimum absolute atomic E-state index is 0.102. The molecule has 0 aliphatic heterocycles. The number of aryl methyl sites for hydroxylation is 3. The minimum atomic E-state index is 0.102. The fourth-order valence-corrected chi connectivity index (χ4v) is 3.84. The van der Waals surface area contributed by atoms with Crippen molar-refractivity contribution < 1.29 is 0 Å². The summed E-state index contributed by atoms with van der Waals surface area (Å²) in [5.41, 5.74) is 6.28. The highest BCUT2D eigenvalue weighted by molar-refractivity contribution is 5.59. The Morgan fingerprint density at radius 3 is 2.17 bits per heavy atom. The Bertz CT molecular complexity index is 891. The van der Waals surface area contributed by atoms with Crippen LogP contribution in [0.1, 0.15) is 75.0 Å². The molecule has 2 aromatic carbocycles. The van der Waals surface area contributed by atoms with E-state index in [0.29, 0.717) is 0 Å². The molecule has 0 fully saturated rings. The molecule has 1 aromatic heterocycles. The molecule has 0 saturated carbocycles. The van der Waals surface area contributed by atoms with Crippen molar-refractivity contribution in [1.82, 2.24) is 14.9 Å². The highest BCUT2D eigenvalue weighted by Crippen LogP contribution is 2.26. The van der Waals surface area contributed by atoms with Gasteiger partial charge in [0.25, 0.3) is 0 Å². The van der Waals surface area contributed by atoms with Crippen molar-refractivity contribution in [2.24, 2.45) is 7.05 Å². The van der Waals surface area contributed by atoms with Crippen molar-refractivity contribution >= 4 is 0 Å². The third-order valence-electron chi connectivity index (χ3n) is 5.84. The summed E-state index contributed by atoms with van der Waals surface area (Å²) in [6.45, 7) is 7.66. The number of hydrogen-bond acceptors (Lipinski definition) is 2. The van der Waals surface area contributed by atoms with Crippen LogP contribution in [0.3, 0.4) is 0 Å². The average Bonchev–Trinajstić information content (AvgIpc) is 3.17. The first-order valence-corrected chi connectivity index (χ1v) is 11.6. The molecule has 1 unspecified atom stereocenters. The Morgan fingerprint density at radius 1 is 0.867 bits per heavy atom. The molecule has 1 atom stereocenters. The van der Waals surface area contributed by atoms with Gasteiger partial charge in [-0.15, -0.1) is 0 Å². The van der Waals surface area contributed by atoms with Crippen molar-refractivity contribution in [1.29, 1.82) is 0 Å². The van der Waals surface area contributed by atoms with E-state index in [1.165, 1.54) is 47.9 Å². The Hall–Kier alpha value is -2.39. The van der Waals surface area contributed by atoms with Crippen LogP contribution in [-0.2, 0) is 19.9 Å². The van der Waals surface area contributed by atoms with E-state index in [4.69, 9.17) is 4.98 Å². The summed E-state index contributed by atoms with van der Waals surface area (Å²) in [5, 5.41) is 3.76. The van der Waals surface area contributed by atoms with E-state index < -0.39 is 0 Å². The number of benzene rings is 2. The van der Waals surface area contributed by atoms with Crippen LogP contribution in [0.5, 0.6) is 0 Å². The zero-order valence-corrected chi connectivity index (χ0v) is 19.1. The molecule has 160 valence electrons. The van der Waals surface area contributed by atoms with E-state index in [0.717, 1.165) is 30.9 Å². The standard InChI is InChI=1S/C27H37N3/c1-5-8-10-22-13-17-24(18-14-22)26(28-19-9-6-2)27-29-25(20-30(27)4)23-15-11-21(7-3)12-16-23/h11-18,20,26,28H,5-10,19H2,1-4H3. The summed E-state index contributed by atoms with van der Waals surface area (Å²) in [6.07, 6.45) is 9.21. The van der Waals surface area contributed by atoms with E-state index in [-0.39, 0.29) is 6.04 Å². The molecule has 3 heteroatoms. The Kier molecular flexibility index (Phi) is 8.27. The number of nitrogens with one attached hydrogen (secondary N) is 1. The molecule has 3 rings (SSSR count). The van der Waals surface area contributed by atoms with Gasteiger partial charge in [-0.3, -0.25) is 0 Å². The summed E-state index contributed by atoms with van der Waals surface area (Å²) >= 11 is 0. The normalized spacial score (nSPS) is 12.3. The monoisotopic (exact) mass is 403 g/mol. The van der Waals surface area contributed by atoms with Gasteiger partial charge in [0.15, 0.2) is 0 Å².